The third-order valence-corrected chi connectivity index (χ3v) is 7.16. The first kappa shape index (κ1) is 27.6. The number of aromatic nitrogens is 2. The summed E-state index contributed by atoms with van der Waals surface area (Å²) in [5.41, 5.74) is 3.50. The number of nitrogens with one attached hydrogen (secondary N) is 1. The minimum Gasteiger partial charge on any atom is -0.364 e. The van der Waals surface area contributed by atoms with Crippen LogP contribution in [0.5, 0.6) is 0 Å². The molecule has 1 aromatic rings. The number of alkyl halides is 3. The van der Waals surface area contributed by atoms with E-state index in [0.29, 0.717) is 6.67 Å². The zero-order valence-corrected chi connectivity index (χ0v) is 22.4. The van der Waals surface area contributed by atoms with Gasteiger partial charge in [0.05, 0.1) is 45.6 Å². The highest BCUT2D eigenvalue weighted by atomic mass is 19.4. The number of halogens is 3. The topological polar surface area (TPSA) is 66.9 Å². The smallest absolute Gasteiger partial charge is 0.364 e. The van der Waals surface area contributed by atoms with Gasteiger partial charge in [-0.25, -0.2) is 4.98 Å². The molecular weight excluding hydrogens is 513 g/mol. The molecule has 0 spiro atoms. The fourth-order valence-corrected chi connectivity index (χ4v) is 5.32. The first-order chi connectivity index (χ1) is 19.4. The monoisotopic (exact) mass is 546 g/mol. The van der Waals surface area contributed by atoms with Crippen LogP contribution in [0.2, 0.25) is 0 Å². The second kappa shape index (κ2) is 12.4. The number of nitrogens with zero attached hydrogens (tertiary/aromatic N) is 5. The minimum absolute atomic E-state index is 0.235. The SMILES string of the molecule is C=N/C=C\C=N/CNc1cc2nc3c(n(-c4ccc(CC(F)(F)F)cc4)c-2cc1=NC1CCCCC1)=CCCC=3. The number of hydrogen-bond donors (Lipinski definition) is 1. The third-order valence-electron chi connectivity index (χ3n) is 7.16. The van der Waals surface area contributed by atoms with Crippen LogP contribution in [0.4, 0.5) is 18.9 Å². The van der Waals surface area contributed by atoms with E-state index >= 15 is 0 Å². The number of benzene rings is 2. The van der Waals surface area contributed by atoms with E-state index in [4.69, 9.17) is 9.98 Å². The van der Waals surface area contributed by atoms with E-state index in [-0.39, 0.29) is 11.6 Å². The van der Waals surface area contributed by atoms with Crippen LogP contribution < -0.4 is 21.4 Å². The number of fused-ring (bicyclic) bond motifs is 2. The molecule has 1 heterocycles. The third kappa shape index (κ3) is 6.76. The summed E-state index contributed by atoms with van der Waals surface area (Å²) < 4.78 is 41.0. The summed E-state index contributed by atoms with van der Waals surface area (Å²) >= 11 is 0. The van der Waals surface area contributed by atoms with Crippen molar-refractivity contribution < 1.29 is 13.2 Å². The van der Waals surface area contributed by atoms with Crippen molar-refractivity contribution in [3.63, 3.8) is 0 Å². The van der Waals surface area contributed by atoms with Crippen molar-refractivity contribution in [2.45, 2.75) is 63.6 Å². The summed E-state index contributed by atoms with van der Waals surface area (Å²) in [6, 6.07) is 10.9. The lowest BCUT2D eigenvalue weighted by molar-refractivity contribution is -0.127. The molecule has 0 bridgehead atoms. The van der Waals surface area contributed by atoms with Crippen LogP contribution in [-0.2, 0) is 6.42 Å². The molecule has 208 valence electrons. The fourth-order valence-electron chi connectivity index (χ4n) is 5.32. The molecule has 1 N–H and O–H groups in total. The molecule has 9 heteroatoms. The average Bonchev–Trinajstić information content (AvgIpc) is 2.94. The molecule has 1 fully saturated rings. The maximum absolute atomic E-state index is 13.0. The predicted octanol–water partition coefficient (Wildman–Crippen LogP) is 5.32. The minimum atomic E-state index is -4.25. The molecule has 0 aromatic heterocycles. The van der Waals surface area contributed by atoms with Crippen molar-refractivity contribution in [2.24, 2.45) is 15.0 Å². The van der Waals surface area contributed by atoms with E-state index in [0.717, 1.165) is 64.5 Å². The van der Waals surface area contributed by atoms with Crippen molar-refractivity contribution in [3.05, 3.63) is 70.3 Å². The van der Waals surface area contributed by atoms with Crippen LogP contribution in [0.25, 0.3) is 29.2 Å². The van der Waals surface area contributed by atoms with Gasteiger partial charge in [-0.15, -0.1) is 0 Å². The predicted molar refractivity (Wildman–Crippen MR) is 155 cm³/mol. The van der Waals surface area contributed by atoms with E-state index in [1.807, 2.05) is 6.07 Å². The van der Waals surface area contributed by atoms with E-state index in [9.17, 15) is 13.2 Å². The first-order valence-corrected chi connectivity index (χ1v) is 13.7. The Kier molecular flexibility index (Phi) is 8.57. The molecule has 0 atom stereocenters. The highest BCUT2D eigenvalue weighted by molar-refractivity contribution is 5.71. The molecule has 40 heavy (non-hydrogen) atoms. The van der Waals surface area contributed by atoms with Gasteiger partial charge in [0.1, 0.15) is 6.67 Å². The molecule has 0 radical (unpaired) electrons. The van der Waals surface area contributed by atoms with Crippen molar-refractivity contribution in [1.82, 2.24) is 9.55 Å². The summed E-state index contributed by atoms with van der Waals surface area (Å²) in [4.78, 5) is 18.2. The second-order valence-electron chi connectivity index (χ2n) is 10.1. The van der Waals surface area contributed by atoms with E-state index in [1.165, 1.54) is 19.3 Å². The maximum atomic E-state index is 13.0. The van der Waals surface area contributed by atoms with Crippen LogP contribution >= 0.6 is 0 Å². The van der Waals surface area contributed by atoms with Crippen LogP contribution in [0, 0.1) is 0 Å². The molecule has 1 saturated carbocycles. The molecule has 0 amide bonds. The zero-order chi connectivity index (χ0) is 28.0. The van der Waals surface area contributed by atoms with Gasteiger partial charge in [0.2, 0.25) is 0 Å². The lowest BCUT2D eigenvalue weighted by Crippen LogP contribution is -2.40. The summed E-state index contributed by atoms with van der Waals surface area (Å²) in [5.74, 6) is 0. The molecule has 3 aliphatic carbocycles. The summed E-state index contributed by atoms with van der Waals surface area (Å²) in [7, 11) is 0. The molecule has 5 rings (SSSR count). The Morgan fingerprint density at radius 1 is 1.05 bits per heavy atom. The van der Waals surface area contributed by atoms with Gasteiger partial charge in [-0.1, -0.05) is 43.5 Å². The van der Waals surface area contributed by atoms with Gasteiger partial charge in [-0.05, 0) is 68.3 Å². The normalized spacial score (nSPS) is 16.7. The van der Waals surface area contributed by atoms with Gasteiger partial charge < -0.3 is 9.88 Å². The summed E-state index contributed by atoms with van der Waals surface area (Å²) in [5, 5.41) is 6.04. The van der Waals surface area contributed by atoms with Gasteiger partial charge in [-0.2, -0.15) is 13.2 Å². The Labute approximate surface area is 231 Å². The second-order valence-corrected chi connectivity index (χ2v) is 10.1. The van der Waals surface area contributed by atoms with Crippen molar-refractivity contribution >= 4 is 30.8 Å². The molecule has 1 aromatic carbocycles. The highest BCUT2D eigenvalue weighted by Crippen LogP contribution is 2.26. The van der Waals surface area contributed by atoms with Gasteiger partial charge in [-0.3, -0.25) is 15.0 Å². The summed E-state index contributed by atoms with van der Waals surface area (Å²) in [6.07, 6.45) is 11.5. The molecule has 0 saturated heterocycles. The lowest BCUT2D eigenvalue weighted by Gasteiger charge is -2.21. The summed E-state index contributed by atoms with van der Waals surface area (Å²) in [6.45, 7) is 3.77. The van der Waals surface area contributed by atoms with Gasteiger partial charge >= 0.3 is 6.18 Å². The zero-order valence-electron chi connectivity index (χ0n) is 22.4. The van der Waals surface area contributed by atoms with Crippen LogP contribution in [0.1, 0.15) is 50.5 Å². The Bertz CT molecular complexity index is 1560. The number of anilines is 1. The van der Waals surface area contributed by atoms with E-state index in [1.54, 1.807) is 42.8 Å². The van der Waals surface area contributed by atoms with E-state index in [2.05, 4.69) is 44.8 Å². The Hall–Kier alpha value is -4.01. The van der Waals surface area contributed by atoms with Gasteiger partial charge in [0, 0.05) is 18.1 Å². The largest absolute Gasteiger partial charge is 0.393 e. The van der Waals surface area contributed by atoms with Gasteiger partial charge in [0.25, 0.3) is 0 Å². The quantitative estimate of drug-likeness (QED) is 0.389. The Morgan fingerprint density at radius 3 is 2.58 bits per heavy atom. The Balaban J connectivity index is 1.65. The van der Waals surface area contributed by atoms with Crippen molar-refractivity contribution in [3.8, 4) is 17.1 Å². The van der Waals surface area contributed by atoms with Crippen LogP contribution in [0.3, 0.4) is 0 Å². The maximum Gasteiger partial charge on any atom is 0.393 e. The standard InChI is InChI=1S/C31H33F3N6/c1-35-16-7-17-36-21-37-26-18-28-30(19-27(26)38-23-8-3-2-4-9-23)40(29-11-6-5-10-25(29)39-28)24-14-12-22(13-15-24)20-31(32,33)34/h7,10-19,23,37H,1-6,8-9,20-21H2/b16-7-,36-17-,38-27?. The number of rotatable bonds is 8. The Morgan fingerprint density at radius 2 is 1.82 bits per heavy atom. The van der Waals surface area contributed by atoms with Crippen LogP contribution in [-0.4, -0.2) is 41.4 Å². The number of hydrogen-bond acceptors (Lipinski definition) is 5. The number of aliphatic imine (C=N–C) groups is 2. The number of allylic oxidation sites excluding steroid dienone is 1. The van der Waals surface area contributed by atoms with Gasteiger partial charge in [0.15, 0.2) is 0 Å². The van der Waals surface area contributed by atoms with E-state index < -0.39 is 12.6 Å². The molecule has 6 nitrogen and oxygen atoms in total. The fraction of sp³-hybridized carbons (Fsp3) is 0.355. The lowest BCUT2D eigenvalue weighted by atomic mass is 9.96. The highest BCUT2D eigenvalue weighted by Gasteiger charge is 2.27. The molecule has 0 unspecified atom stereocenters. The average molecular weight is 547 g/mol. The van der Waals surface area contributed by atoms with Crippen LogP contribution in [0.15, 0.2) is 63.7 Å². The van der Waals surface area contributed by atoms with Crippen molar-refractivity contribution in [1.29, 1.82) is 0 Å². The molecule has 4 aliphatic rings. The molecular formula is C31H33F3N6. The molecule has 1 aliphatic heterocycles. The first-order valence-electron chi connectivity index (χ1n) is 13.7. The van der Waals surface area contributed by atoms with Crippen molar-refractivity contribution in [2.75, 3.05) is 12.0 Å².